The lowest BCUT2D eigenvalue weighted by Crippen LogP contribution is -2.06. The van der Waals surface area contributed by atoms with Crippen molar-refractivity contribution >= 4 is 19.6 Å². The van der Waals surface area contributed by atoms with E-state index in [-0.39, 0.29) is 0 Å². The molecule has 0 aromatic carbocycles. The van der Waals surface area contributed by atoms with Crippen LogP contribution in [-0.2, 0) is 0 Å². The molecule has 0 amide bonds. The topological polar surface area (TPSA) is 0 Å². The quantitative estimate of drug-likeness (QED) is 0.461. The molecule has 1 heterocycles. The Bertz CT molecular complexity index is 128. The van der Waals surface area contributed by atoms with Gasteiger partial charge in [-0.05, 0) is 13.3 Å². The third-order valence-electron chi connectivity index (χ3n) is 2.27. The zero-order valence-corrected chi connectivity index (χ0v) is 9.05. The van der Waals surface area contributed by atoms with Gasteiger partial charge in [0.2, 0.25) is 0 Å². The minimum atomic E-state index is 0.538. The highest BCUT2D eigenvalue weighted by Crippen LogP contribution is 2.48. The summed E-state index contributed by atoms with van der Waals surface area (Å²) in [6.45, 7) is 7.05. The Hall–Kier alpha value is 0.415. The molecule has 0 nitrogen and oxygen atoms in total. The van der Waals surface area contributed by atoms with Crippen molar-refractivity contribution in [1.29, 1.82) is 0 Å². The van der Waals surface area contributed by atoms with E-state index in [0.717, 1.165) is 0 Å². The van der Waals surface area contributed by atoms with Gasteiger partial charge in [0.25, 0.3) is 0 Å². The third-order valence-corrected chi connectivity index (χ3v) is 3.75. The zero-order valence-electron chi connectivity index (χ0n) is 8.24. The van der Waals surface area contributed by atoms with Crippen LogP contribution in [0.5, 0.6) is 0 Å². The maximum atomic E-state index is 2.39. The molecular weight excluding hydrogens is 151 g/mol. The van der Waals surface area contributed by atoms with E-state index in [1.165, 1.54) is 25.0 Å². The molecule has 0 N–H and O–H groups in total. The normalized spacial score (nSPS) is 30.5. The minimum absolute atomic E-state index is 0.538. The monoisotopic (exact) mass is 170 g/mol. The molecule has 0 aliphatic carbocycles. The highest BCUT2D eigenvalue weighted by atomic mass is 32.2. The molecule has 0 radical (unpaired) electrons. The van der Waals surface area contributed by atoms with E-state index in [4.69, 9.17) is 0 Å². The Morgan fingerprint density at radius 1 is 1.55 bits per heavy atom. The maximum absolute atomic E-state index is 2.39. The molecule has 1 saturated heterocycles. The van der Waals surface area contributed by atoms with E-state index in [2.05, 4.69) is 40.4 Å². The smallest absolute Gasteiger partial charge is 0.108 e. The third kappa shape index (κ3) is 4.10. The SMILES string of the molecule is BC(C)(C)CCCC1(C)CS1. The van der Waals surface area contributed by atoms with Crippen molar-refractivity contribution < 1.29 is 0 Å². The lowest BCUT2D eigenvalue weighted by Gasteiger charge is -2.18. The van der Waals surface area contributed by atoms with Gasteiger partial charge in [-0.3, -0.25) is 0 Å². The van der Waals surface area contributed by atoms with Gasteiger partial charge < -0.3 is 0 Å². The number of hydrogen-bond acceptors (Lipinski definition) is 1. The second-order valence-corrected chi connectivity index (χ2v) is 6.72. The highest BCUT2D eigenvalue weighted by molar-refractivity contribution is 8.07. The molecule has 64 valence electrons. The molecular formula is C9H19BS. The summed E-state index contributed by atoms with van der Waals surface area (Å²) < 4.78 is 0.686. The minimum Gasteiger partial charge on any atom is -0.153 e. The molecule has 1 unspecified atom stereocenters. The van der Waals surface area contributed by atoms with Crippen molar-refractivity contribution in [3.8, 4) is 0 Å². The van der Waals surface area contributed by atoms with Crippen LogP contribution in [0.1, 0.15) is 40.0 Å². The summed E-state index contributed by atoms with van der Waals surface area (Å²) in [6.07, 6.45) is 4.21. The summed E-state index contributed by atoms with van der Waals surface area (Å²) >= 11 is 2.12. The lowest BCUT2D eigenvalue weighted by atomic mass is 9.69. The van der Waals surface area contributed by atoms with Crippen molar-refractivity contribution in [2.45, 2.75) is 50.1 Å². The van der Waals surface area contributed by atoms with Crippen molar-refractivity contribution in [2.24, 2.45) is 0 Å². The second kappa shape index (κ2) is 3.04. The Morgan fingerprint density at radius 3 is 2.45 bits per heavy atom. The fourth-order valence-electron chi connectivity index (χ4n) is 1.26. The lowest BCUT2D eigenvalue weighted by molar-refractivity contribution is 0.535. The van der Waals surface area contributed by atoms with Gasteiger partial charge in [-0.2, -0.15) is 11.8 Å². The van der Waals surface area contributed by atoms with Crippen LogP contribution in [0, 0.1) is 0 Å². The first-order valence-corrected chi connectivity index (χ1v) is 5.54. The van der Waals surface area contributed by atoms with Crippen molar-refractivity contribution in [3.05, 3.63) is 0 Å². The van der Waals surface area contributed by atoms with Crippen LogP contribution in [0.4, 0.5) is 0 Å². The number of hydrogen-bond donors (Lipinski definition) is 0. The molecule has 0 saturated carbocycles. The molecule has 1 aliphatic heterocycles. The largest absolute Gasteiger partial charge is 0.153 e. The second-order valence-electron chi connectivity index (χ2n) is 5.15. The van der Waals surface area contributed by atoms with Gasteiger partial charge in [0, 0.05) is 10.5 Å². The van der Waals surface area contributed by atoms with Gasteiger partial charge in [0.05, 0.1) is 0 Å². The maximum Gasteiger partial charge on any atom is 0.108 e. The molecule has 1 aliphatic rings. The number of thioether (sulfide) groups is 1. The fourth-order valence-corrected chi connectivity index (χ4v) is 1.94. The molecule has 0 bridgehead atoms. The molecule has 1 fully saturated rings. The average molecular weight is 170 g/mol. The van der Waals surface area contributed by atoms with E-state index in [1.807, 2.05) is 0 Å². The Balaban J connectivity index is 2.05. The van der Waals surface area contributed by atoms with E-state index in [9.17, 15) is 0 Å². The summed E-state index contributed by atoms with van der Waals surface area (Å²) in [5, 5.41) is 0.538. The molecule has 11 heavy (non-hydrogen) atoms. The summed E-state index contributed by atoms with van der Waals surface area (Å²) in [6, 6.07) is 0. The van der Waals surface area contributed by atoms with Gasteiger partial charge in [-0.1, -0.05) is 32.0 Å². The average Bonchev–Trinajstić information content (AvgIpc) is 2.44. The van der Waals surface area contributed by atoms with Crippen molar-refractivity contribution in [1.82, 2.24) is 0 Å². The Labute approximate surface area is 75.9 Å². The standard InChI is InChI=1S/C9H19BS/c1-8(2,10)5-4-6-9(3)7-11-9/h4-7,10H2,1-3H3. The van der Waals surface area contributed by atoms with E-state index in [1.54, 1.807) is 0 Å². The van der Waals surface area contributed by atoms with Crippen LogP contribution in [0.2, 0.25) is 5.31 Å². The molecule has 1 rings (SSSR count). The Kier molecular flexibility index (Phi) is 2.63. The Morgan fingerprint density at radius 2 is 2.09 bits per heavy atom. The number of rotatable bonds is 4. The van der Waals surface area contributed by atoms with Crippen LogP contribution >= 0.6 is 11.8 Å². The van der Waals surface area contributed by atoms with Crippen molar-refractivity contribution in [2.75, 3.05) is 5.75 Å². The predicted molar refractivity (Wildman–Crippen MR) is 57.3 cm³/mol. The van der Waals surface area contributed by atoms with E-state index < -0.39 is 0 Å². The first-order valence-electron chi connectivity index (χ1n) is 4.55. The summed E-state index contributed by atoms with van der Waals surface area (Å²) in [5.74, 6) is 1.40. The van der Waals surface area contributed by atoms with E-state index >= 15 is 0 Å². The van der Waals surface area contributed by atoms with Crippen molar-refractivity contribution in [3.63, 3.8) is 0 Å². The molecule has 0 spiro atoms. The van der Waals surface area contributed by atoms with Gasteiger partial charge in [-0.25, -0.2) is 0 Å². The van der Waals surface area contributed by atoms with Crippen LogP contribution in [-0.4, -0.2) is 18.3 Å². The predicted octanol–water partition coefficient (Wildman–Crippen LogP) is 2.49. The summed E-state index contributed by atoms with van der Waals surface area (Å²) in [5.41, 5.74) is 0. The molecule has 2 heteroatoms. The van der Waals surface area contributed by atoms with Crippen LogP contribution in [0.3, 0.4) is 0 Å². The summed E-state index contributed by atoms with van der Waals surface area (Å²) in [4.78, 5) is 0. The first-order chi connectivity index (χ1) is 4.91. The zero-order chi connectivity index (χ0) is 8.54. The van der Waals surface area contributed by atoms with Gasteiger partial charge in [-0.15, -0.1) is 0 Å². The highest BCUT2D eigenvalue weighted by Gasteiger charge is 2.37. The molecule has 1 atom stereocenters. The molecule has 0 aromatic rings. The van der Waals surface area contributed by atoms with E-state index in [0.29, 0.717) is 10.1 Å². The summed E-state index contributed by atoms with van der Waals surface area (Å²) in [7, 11) is 2.33. The van der Waals surface area contributed by atoms with Crippen LogP contribution < -0.4 is 0 Å². The van der Waals surface area contributed by atoms with Gasteiger partial charge in [0.15, 0.2) is 0 Å². The van der Waals surface area contributed by atoms with Gasteiger partial charge >= 0.3 is 0 Å². The van der Waals surface area contributed by atoms with Crippen LogP contribution in [0.25, 0.3) is 0 Å². The van der Waals surface area contributed by atoms with Gasteiger partial charge in [0.1, 0.15) is 7.85 Å². The molecule has 0 aromatic heterocycles. The van der Waals surface area contributed by atoms with Crippen LogP contribution in [0.15, 0.2) is 0 Å². The fraction of sp³-hybridized carbons (Fsp3) is 1.00. The first kappa shape index (κ1) is 9.50.